The highest BCUT2D eigenvalue weighted by atomic mass is 79.9. The average Bonchev–Trinajstić information content (AvgIpc) is 2.73. The number of carbonyl (C=O) groups excluding carboxylic acids is 1. The molecule has 4 nitrogen and oxygen atoms in total. The summed E-state index contributed by atoms with van der Waals surface area (Å²) >= 11 is 5.02. The second-order valence-electron chi connectivity index (χ2n) is 3.49. The number of hydrogen-bond acceptors (Lipinski definition) is 3. The molecule has 0 atom stereocenters. The Morgan fingerprint density at radius 2 is 2.31 bits per heavy atom. The van der Waals surface area contributed by atoms with Crippen LogP contribution >= 0.6 is 27.3 Å². The summed E-state index contributed by atoms with van der Waals surface area (Å²) in [5.74, 6) is 0. The molecule has 1 aliphatic heterocycles. The largest absolute Gasteiger partial charge is 0.378 e. The molecule has 2 rings (SSSR count). The summed E-state index contributed by atoms with van der Waals surface area (Å²) in [7, 11) is 0. The van der Waals surface area contributed by atoms with Crippen LogP contribution in [0.3, 0.4) is 0 Å². The van der Waals surface area contributed by atoms with Crippen molar-refractivity contribution in [3.63, 3.8) is 0 Å². The van der Waals surface area contributed by atoms with E-state index in [9.17, 15) is 4.79 Å². The highest BCUT2D eigenvalue weighted by Crippen LogP contribution is 2.19. The van der Waals surface area contributed by atoms with Gasteiger partial charge in [-0.25, -0.2) is 4.79 Å². The van der Waals surface area contributed by atoms with Gasteiger partial charge in [-0.3, -0.25) is 0 Å². The average molecular weight is 305 g/mol. The third-order valence-electron chi connectivity index (χ3n) is 2.33. The first-order valence-electron chi connectivity index (χ1n) is 5.09. The Kier molecular flexibility index (Phi) is 4.20. The summed E-state index contributed by atoms with van der Waals surface area (Å²) in [6.45, 7) is 3.22. The number of carbonyl (C=O) groups is 1. The lowest BCUT2D eigenvalue weighted by molar-refractivity contribution is 0.0531. The molecule has 2 heterocycles. The van der Waals surface area contributed by atoms with Crippen LogP contribution in [0, 0.1) is 0 Å². The minimum atomic E-state index is -0.00665. The number of rotatable bonds is 2. The van der Waals surface area contributed by atoms with E-state index < -0.39 is 0 Å². The Balaban J connectivity index is 1.78. The molecule has 1 aliphatic rings. The molecule has 0 spiro atoms. The number of hydrogen-bond donors (Lipinski definition) is 1. The van der Waals surface area contributed by atoms with Gasteiger partial charge >= 0.3 is 6.03 Å². The Bertz CT molecular complexity index is 363. The highest BCUT2D eigenvalue weighted by molar-refractivity contribution is 9.10. The number of halogens is 1. The monoisotopic (exact) mass is 304 g/mol. The molecule has 0 bridgehead atoms. The second kappa shape index (κ2) is 5.65. The van der Waals surface area contributed by atoms with Gasteiger partial charge in [0.2, 0.25) is 0 Å². The Labute approximate surface area is 107 Å². The van der Waals surface area contributed by atoms with E-state index in [1.54, 1.807) is 16.2 Å². The number of amides is 2. The number of ether oxygens (including phenoxy) is 1. The van der Waals surface area contributed by atoms with Crippen molar-refractivity contribution in [3.05, 3.63) is 20.8 Å². The van der Waals surface area contributed by atoms with Crippen molar-refractivity contribution in [2.75, 3.05) is 26.3 Å². The molecule has 1 saturated heterocycles. The summed E-state index contributed by atoms with van der Waals surface area (Å²) in [5, 5.41) is 4.91. The molecule has 0 aliphatic carbocycles. The van der Waals surface area contributed by atoms with E-state index in [1.165, 1.54) is 0 Å². The first-order valence-corrected chi connectivity index (χ1v) is 6.76. The fourth-order valence-corrected chi connectivity index (χ4v) is 2.88. The third kappa shape index (κ3) is 3.20. The molecule has 6 heteroatoms. The fraction of sp³-hybridized carbons (Fsp3) is 0.500. The van der Waals surface area contributed by atoms with Gasteiger partial charge in [0.15, 0.2) is 0 Å². The normalized spacial score (nSPS) is 16.2. The standard InChI is InChI=1S/C10H13BrN2O2S/c11-8-5-9(16-7-8)6-12-10(14)13-1-3-15-4-2-13/h5,7H,1-4,6H2,(H,12,14). The van der Waals surface area contributed by atoms with Crippen LogP contribution in [-0.2, 0) is 11.3 Å². The Morgan fingerprint density at radius 3 is 2.94 bits per heavy atom. The summed E-state index contributed by atoms with van der Waals surface area (Å²) in [6.07, 6.45) is 0. The lowest BCUT2D eigenvalue weighted by atomic mass is 10.4. The third-order valence-corrected chi connectivity index (χ3v) is 4.03. The molecule has 0 saturated carbocycles. The number of nitrogens with zero attached hydrogens (tertiary/aromatic N) is 1. The predicted molar refractivity (Wildman–Crippen MR) is 66.6 cm³/mol. The minimum absolute atomic E-state index is 0.00665. The predicted octanol–water partition coefficient (Wildman–Crippen LogP) is 2.05. The van der Waals surface area contributed by atoms with Crippen LogP contribution in [0.25, 0.3) is 0 Å². The maximum absolute atomic E-state index is 11.7. The van der Waals surface area contributed by atoms with Gasteiger partial charge in [-0.2, -0.15) is 0 Å². The van der Waals surface area contributed by atoms with E-state index in [2.05, 4.69) is 21.2 Å². The van der Waals surface area contributed by atoms with Crippen LogP contribution in [0.2, 0.25) is 0 Å². The van der Waals surface area contributed by atoms with Crippen molar-refractivity contribution in [1.29, 1.82) is 0 Å². The van der Waals surface area contributed by atoms with E-state index in [0.717, 1.165) is 9.35 Å². The number of nitrogens with one attached hydrogen (secondary N) is 1. The molecule has 0 radical (unpaired) electrons. The van der Waals surface area contributed by atoms with E-state index in [-0.39, 0.29) is 6.03 Å². The quantitative estimate of drug-likeness (QED) is 0.908. The van der Waals surface area contributed by atoms with E-state index in [4.69, 9.17) is 4.74 Å². The molecule has 1 fully saturated rings. The molecule has 1 aromatic rings. The molecule has 88 valence electrons. The first kappa shape index (κ1) is 11.9. The SMILES string of the molecule is O=C(NCc1cc(Br)cs1)N1CCOCC1. The zero-order valence-corrected chi connectivity index (χ0v) is 11.1. The Morgan fingerprint density at radius 1 is 1.56 bits per heavy atom. The van der Waals surface area contributed by atoms with Gasteiger partial charge in [-0.05, 0) is 22.0 Å². The van der Waals surface area contributed by atoms with Crippen molar-refractivity contribution in [2.24, 2.45) is 0 Å². The van der Waals surface area contributed by atoms with Gasteiger partial charge in [0, 0.05) is 27.8 Å². The summed E-state index contributed by atoms with van der Waals surface area (Å²) in [4.78, 5) is 14.7. The zero-order chi connectivity index (χ0) is 11.4. The van der Waals surface area contributed by atoms with Gasteiger partial charge in [-0.15, -0.1) is 11.3 Å². The van der Waals surface area contributed by atoms with Crippen LogP contribution in [0.15, 0.2) is 15.9 Å². The maximum atomic E-state index is 11.7. The molecule has 1 aromatic heterocycles. The molecular weight excluding hydrogens is 292 g/mol. The van der Waals surface area contributed by atoms with Gasteiger partial charge in [0.05, 0.1) is 19.8 Å². The molecule has 1 N–H and O–H groups in total. The number of urea groups is 1. The summed E-state index contributed by atoms with van der Waals surface area (Å²) < 4.78 is 6.25. The van der Waals surface area contributed by atoms with E-state index in [0.29, 0.717) is 32.8 Å². The first-order chi connectivity index (χ1) is 7.75. The topological polar surface area (TPSA) is 41.6 Å². The number of thiophene rings is 1. The van der Waals surface area contributed by atoms with Crippen molar-refractivity contribution in [3.8, 4) is 0 Å². The second-order valence-corrected chi connectivity index (χ2v) is 5.40. The van der Waals surface area contributed by atoms with Crippen LogP contribution in [-0.4, -0.2) is 37.2 Å². The summed E-state index contributed by atoms with van der Waals surface area (Å²) in [5.41, 5.74) is 0. The Hall–Kier alpha value is -0.590. The molecule has 2 amide bonds. The molecule has 0 unspecified atom stereocenters. The van der Waals surface area contributed by atoms with Crippen LogP contribution < -0.4 is 5.32 Å². The number of morpholine rings is 1. The van der Waals surface area contributed by atoms with E-state index >= 15 is 0 Å². The van der Waals surface area contributed by atoms with Crippen LogP contribution in [0.4, 0.5) is 4.79 Å². The lowest BCUT2D eigenvalue weighted by Gasteiger charge is -2.26. The zero-order valence-electron chi connectivity index (χ0n) is 8.74. The van der Waals surface area contributed by atoms with Gasteiger partial charge in [-0.1, -0.05) is 0 Å². The fourth-order valence-electron chi connectivity index (χ4n) is 1.49. The van der Waals surface area contributed by atoms with Crippen molar-refractivity contribution in [2.45, 2.75) is 6.54 Å². The van der Waals surface area contributed by atoms with Gasteiger partial charge < -0.3 is 15.0 Å². The van der Waals surface area contributed by atoms with Crippen LogP contribution in [0.5, 0.6) is 0 Å². The van der Waals surface area contributed by atoms with Crippen molar-refractivity contribution >= 4 is 33.3 Å². The van der Waals surface area contributed by atoms with Crippen LogP contribution in [0.1, 0.15) is 4.88 Å². The summed E-state index contributed by atoms with van der Waals surface area (Å²) in [6, 6.07) is 2.01. The van der Waals surface area contributed by atoms with Gasteiger partial charge in [0.1, 0.15) is 0 Å². The minimum Gasteiger partial charge on any atom is -0.378 e. The van der Waals surface area contributed by atoms with Crippen molar-refractivity contribution in [1.82, 2.24) is 10.2 Å². The molecular formula is C10H13BrN2O2S. The van der Waals surface area contributed by atoms with Gasteiger partial charge in [0.25, 0.3) is 0 Å². The highest BCUT2D eigenvalue weighted by Gasteiger charge is 2.16. The maximum Gasteiger partial charge on any atom is 0.317 e. The smallest absolute Gasteiger partial charge is 0.317 e. The van der Waals surface area contributed by atoms with Crippen molar-refractivity contribution < 1.29 is 9.53 Å². The van der Waals surface area contributed by atoms with E-state index in [1.807, 2.05) is 11.4 Å². The lowest BCUT2D eigenvalue weighted by Crippen LogP contribution is -2.45. The molecule has 16 heavy (non-hydrogen) atoms. The molecule has 0 aromatic carbocycles.